The Morgan fingerprint density at radius 1 is 1.08 bits per heavy atom. The largest absolute Gasteiger partial charge is 0.310 e. The van der Waals surface area contributed by atoms with E-state index in [1.54, 1.807) is 18.5 Å². The maximum absolute atomic E-state index is 12.4. The summed E-state index contributed by atoms with van der Waals surface area (Å²) in [5, 5.41) is 2.75. The first-order chi connectivity index (χ1) is 12.0. The Balaban J connectivity index is 1.83. The second kappa shape index (κ2) is 7.13. The molecule has 1 N–H and O–H groups in total. The molecule has 5 heteroatoms. The van der Waals surface area contributed by atoms with Crippen LogP contribution in [0.5, 0.6) is 0 Å². The van der Waals surface area contributed by atoms with Crippen LogP contribution >= 0.6 is 0 Å². The van der Waals surface area contributed by atoms with Crippen molar-refractivity contribution in [1.29, 1.82) is 0 Å². The molecule has 5 nitrogen and oxygen atoms in total. The van der Waals surface area contributed by atoms with Gasteiger partial charge in [0, 0.05) is 18.5 Å². The monoisotopic (exact) mass is 333 g/mol. The Kier molecular flexibility index (Phi) is 4.75. The second-order valence-corrected chi connectivity index (χ2v) is 6.05. The zero-order chi connectivity index (χ0) is 17.8. The number of carbonyl (C=O) groups excluding carboxylic acids is 1. The van der Waals surface area contributed by atoms with E-state index in [-0.39, 0.29) is 11.5 Å². The molecule has 1 aromatic carbocycles. The van der Waals surface area contributed by atoms with Gasteiger partial charge in [0.2, 0.25) is 0 Å². The highest BCUT2D eigenvalue weighted by Gasteiger charge is 2.09. The van der Waals surface area contributed by atoms with Crippen LogP contribution in [0.1, 0.15) is 27.0 Å². The molecule has 1 amide bonds. The molecule has 0 radical (unpaired) electrons. The number of hydrogen-bond acceptors (Lipinski definition) is 3. The molecule has 0 aliphatic heterocycles. The number of pyridine rings is 2. The van der Waals surface area contributed by atoms with E-state index in [2.05, 4.69) is 10.3 Å². The molecule has 0 saturated heterocycles. The Morgan fingerprint density at radius 3 is 2.64 bits per heavy atom. The average molecular weight is 333 g/mol. The second-order valence-electron chi connectivity index (χ2n) is 6.05. The summed E-state index contributed by atoms with van der Waals surface area (Å²) in [7, 11) is 0. The molecule has 0 saturated carbocycles. The van der Waals surface area contributed by atoms with Crippen molar-refractivity contribution in [1.82, 2.24) is 9.55 Å². The van der Waals surface area contributed by atoms with E-state index in [9.17, 15) is 9.59 Å². The molecule has 3 rings (SSSR count). The molecule has 0 unspecified atom stereocenters. The molecule has 0 bridgehead atoms. The summed E-state index contributed by atoms with van der Waals surface area (Å²) >= 11 is 0. The van der Waals surface area contributed by atoms with Crippen LogP contribution in [-0.2, 0) is 6.54 Å². The van der Waals surface area contributed by atoms with E-state index in [0.717, 1.165) is 16.7 Å². The number of hydrogen-bond donors (Lipinski definition) is 1. The molecule has 0 fully saturated rings. The van der Waals surface area contributed by atoms with Gasteiger partial charge in [-0.05, 0) is 43.2 Å². The molecule has 2 aromatic heterocycles. The van der Waals surface area contributed by atoms with Crippen molar-refractivity contribution < 1.29 is 4.79 Å². The van der Waals surface area contributed by atoms with E-state index in [4.69, 9.17) is 0 Å². The van der Waals surface area contributed by atoms with Gasteiger partial charge in [-0.3, -0.25) is 9.59 Å². The van der Waals surface area contributed by atoms with Crippen LogP contribution in [0.2, 0.25) is 0 Å². The predicted octanol–water partition coefficient (Wildman–Crippen LogP) is 3.16. The number of nitrogens with zero attached hydrogens (tertiary/aromatic N) is 2. The molecule has 0 aliphatic carbocycles. The number of benzene rings is 1. The highest BCUT2D eigenvalue weighted by atomic mass is 16.2. The van der Waals surface area contributed by atoms with Crippen LogP contribution in [0, 0.1) is 13.8 Å². The van der Waals surface area contributed by atoms with E-state index in [0.29, 0.717) is 17.9 Å². The van der Waals surface area contributed by atoms with Crippen molar-refractivity contribution in [3.63, 3.8) is 0 Å². The van der Waals surface area contributed by atoms with Gasteiger partial charge in [-0.25, -0.2) is 4.98 Å². The third kappa shape index (κ3) is 4.20. The maximum Gasteiger partial charge on any atom is 0.258 e. The number of rotatable bonds is 4. The minimum atomic E-state index is -0.295. The lowest BCUT2D eigenvalue weighted by molar-refractivity contribution is 0.102. The summed E-state index contributed by atoms with van der Waals surface area (Å²) in [6.07, 6.45) is 3.22. The molecular formula is C20H19N3O2. The van der Waals surface area contributed by atoms with Crippen LogP contribution in [0.4, 0.5) is 5.82 Å². The Bertz CT molecular complexity index is 976. The van der Waals surface area contributed by atoms with Crippen molar-refractivity contribution in [2.75, 3.05) is 5.32 Å². The van der Waals surface area contributed by atoms with Gasteiger partial charge in [-0.2, -0.15) is 0 Å². The lowest BCUT2D eigenvalue weighted by atomic mass is 10.1. The minimum Gasteiger partial charge on any atom is -0.310 e. The summed E-state index contributed by atoms with van der Waals surface area (Å²) in [6, 6.07) is 14.5. The summed E-state index contributed by atoms with van der Waals surface area (Å²) in [6.45, 7) is 4.36. The van der Waals surface area contributed by atoms with Gasteiger partial charge < -0.3 is 9.88 Å². The number of carbonyl (C=O) groups is 1. The first-order valence-corrected chi connectivity index (χ1v) is 8.01. The van der Waals surface area contributed by atoms with Crippen molar-refractivity contribution >= 4 is 11.7 Å². The third-order valence-corrected chi connectivity index (χ3v) is 3.84. The SMILES string of the molecule is Cc1cccc(Cn2cc(C(=O)Nc3cc(C)ccn3)ccc2=O)c1. The molecule has 2 heterocycles. The van der Waals surface area contributed by atoms with E-state index in [1.165, 1.54) is 16.7 Å². The predicted molar refractivity (Wildman–Crippen MR) is 97.9 cm³/mol. The zero-order valence-electron chi connectivity index (χ0n) is 14.2. The molecule has 126 valence electrons. The Hall–Kier alpha value is -3.21. The minimum absolute atomic E-state index is 0.147. The number of aryl methyl sites for hydroxylation is 2. The molecule has 3 aromatic rings. The number of anilines is 1. The lowest BCUT2D eigenvalue weighted by Gasteiger charge is -2.09. The Morgan fingerprint density at radius 2 is 1.88 bits per heavy atom. The Labute approximate surface area is 146 Å². The highest BCUT2D eigenvalue weighted by molar-refractivity contribution is 6.03. The third-order valence-electron chi connectivity index (χ3n) is 3.84. The van der Waals surface area contributed by atoms with Gasteiger partial charge >= 0.3 is 0 Å². The fourth-order valence-electron chi connectivity index (χ4n) is 2.59. The molecule has 0 atom stereocenters. The smallest absolute Gasteiger partial charge is 0.258 e. The fraction of sp³-hybridized carbons (Fsp3) is 0.150. The first kappa shape index (κ1) is 16.6. The number of amides is 1. The summed E-state index contributed by atoms with van der Waals surface area (Å²) < 4.78 is 1.54. The topological polar surface area (TPSA) is 64.0 Å². The van der Waals surface area contributed by atoms with Crippen LogP contribution in [0.15, 0.2) is 65.7 Å². The van der Waals surface area contributed by atoms with Crippen molar-refractivity contribution in [2.45, 2.75) is 20.4 Å². The van der Waals surface area contributed by atoms with Gasteiger partial charge in [-0.15, -0.1) is 0 Å². The highest BCUT2D eigenvalue weighted by Crippen LogP contribution is 2.09. The van der Waals surface area contributed by atoms with Crippen LogP contribution in [-0.4, -0.2) is 15.5 Å². The zero-order valence-corrected chi connectivity index (χ0v) is 14.2. The van der Waals surface area contributed by atoms with Crippen molar-refractivity contribution in [3.8, 4) is 0 Å². The van der Waals surface area contributed by atoms with Gasteiger partial charge in [0.1, 0.15) is 5.82 Å². The maximum atomic E-state index is 12.4. The first-order valence-electron chi connectivity index (χ1n) is 8.01. The summed E-state index contributed by atoms with van der Waals surface area (Å²) in [4.78, 5) is 28.7. The van der Waals surface area contributed by atoms with E-state index < -0.39 is 0 Å². The van der Waals surface area contributed by atoms with Gasteiger partial charge in [-0.1, -0.05) is 29.8 Å². The standard InChI is InChI=1S/C20H19N3O2/c1-14-4-3-5-16(10-14)12-23-13-17(6-7-19(23)24)20(25)22-18-11-15(2)8-9-21-18/h3-11,13H,12H2,1-2H3,(H,21,22,25). The molecule has 25 heavy (non-hydrogen) atoms. The quantitative estimate of drug-likeness (QED) is 0.798. The van der Waals surface area contributed by atoms with Gasteiger partial charge in [0.05, 0.1) is 12.1 Å². The normalized spacial score (nSPS) is 10.5. The van der Waals surface area contributed by atoms with Gasteiger partial charge in [0.25, 0.3) is 11.5 Å². The molecule has 0 spiro atoms. The average Bonchev–Trinajstić information content (AvgIpc) is 2.57. The van der Waals surface area contributed by atoms with Crippen LogP contribution < -0.4 is 10.9 Å². The van der Waals surface area contributed by atoms with E-state index in [1.807, 2.05) is 44.2 Å². The molecular weight excluding hydrogens is 314 g/mol. The van der Waals surface area contributed by atoms with Crippen molar-refractivity contribution in [2.24, 2.45) is 0 Å². The van der Waals surface area contributed by atoms with Crippen molar-refractivity contribution in [3.05, 3.63) is 93.5 Å². The van der Waals surface area contributed by atoms with Crippen LogP contribution in [0.3, 0.4) is 0 Å². The van der Waals surface area contributed by atoms with E-state index >= 15 is 0 Å². The van der Waals surface area contributed by atoms with Gasteiger partial charge in [0.15, 0.2) is 0 Å². The van der Waals surface area contributed by atoms with Crippen LogP contribution in [0.25, 0.3) is 0 Å². The molecule has 0 aliphatic rings. The lowest BCUT2D eigenvalue weighted by Crippen LogP contribution is -2.22. The summed E-state index contributed by atoms with van der Waals surface area (Å²) in [5.41, 5.74) is 3.42. The number of nitrogens with one attached hydrogen (secondary N) is 1. The number of aromatic nitrogens is 2. The fourth-order valence-corrected chi connectivity index (χ4v) is 2.59. The summed E-state index contributed by atoms with van der Waals surface area (Å²) in [5.74, 6) is 0.192.